The molecule has 0 radical (unpaired) electrons. The lowest BCUT2D eigenvalue weighted by atomic mass is 10.0. The summed E-state index contributed by atoms with van der Waals surface area (Å²) in [5, 5.41) is 2.79. The number of nitrogens with two attached hydrogens (primary N) is 2. The molecule has 5 N–H and O–H groups in total. The number of rotatable bonds is 6. The molecule has 22 heavy (non-hydrogen) atoms. The Morgan fingerprint density at radius 3 is 2.68 bits per heavy atom. The van der Waals surface area contributed by atoms with Gasteiger partial charge in [-0.2, -0.15) is 0 Å². The maximum Gasteiger partial charge on any atom is 0.273 e. The Kier molecular flexibility index (Phi) is 5.16. The lowest BCUT2D eigenvalue weighted by Crippen LogP contribution is -2.24. The number of carbonyl (C=O) groups is 1. The molecule has 2 aromatic rings. The molecule has 0 aliphatic heterocycles. The van der Waals surface area contributed by atoms with E-state index in [1.165, 1.54) is 6.26 Å². The van der Waals surface area contributed by atoms with Crippen molar-refractivity contribution in [1.82, 2.24) is 10.3 Å². The summed E-state index contributed by atoms with van der Waals surface area (Å²) in [5.74, 6) is 0.347. The van der Waals surface area contributed by atoms with E-state index in [0.29, 0.717) is 18.1 Å². The Morgan fingerprint density at radius 1 is 1.36 bits per heavy atom. The zero-order valence-corrected chi connectivity index (χ0v) is 12.9. The number of carbonyl (C=O) groups excluding carboxylic acids is 1. The van der Waals surface area contributed by atoms with Gasteiger partial charge in [0.25, 0.3) is 5.91 Å². The molecule has 0 aliphatic rings. The van der Waals surface area contributed by atoms with Gasteiger partial charge in [-0.25, -0.2) is 4.98 Å². The fourth-order valence-electron chi connectivity index (χ4n) is 1.95. The second kappa shape index (κ2) is 7.09. The van der Waals surface area contributed by atoms with Crippen molar-refractivity contribution in [1.29, 1.82) is 0 Å². The zero-order chi connectivity index (χ0) is 16.1. The van der Waals surface area contributed by atoms with Crippen molar-refractivity contribution in [2.24, 2.45) is 11.7 Å². The van der Waals surface area contributed by atoms with Crippen LogP contribution in [0.3, 0.4) is 0 Å². The minimum Gasteiger partial charge on any atom is -0.446 e. The van der Waals surface area contributed by atoms with Gasteiger partial charge in [0.15, 0.2) is 5.69 Å². The van der Waals surface area contributed by atoms with Gasteiger partial charge in [-0.05, 0) is 23.6 Å². The third-order valence-electron chi connectivity index (χ3n) is 3.73. The second-order valence-electron chi connectivity index (χ2n) is 5.41. The van der Waals surface area contributed by atoms with Crippen LogP contribution >= 0.6 is 0 Å². The molecule has 0 spiro atoms. The minimum atomic E-state index is -0.302. The Morgan fingerprint density at radius 2 is 2.05 bits per heavy atom. The number of anilines is 1. The van der Waals surface area contributed by atoms with Crippen LogP contribution in [0.25, 0.3) is 0 Å². The summed E-state index contributed by atoms with van der Waals surface area (Å²) in [6.45, 7) is 4.47. The van der Waals surface area contributed by atoms with E-state index >= 15 is 0 Å². The average Bonchev–Trinajstić information content (AvgIpc) is 3.02. The predicted molar refractivity (Wildman–Crippen MR) is 84.9 cm³/mol. The number of hydrogen-bond donors (Lipinski definition) is 3. The molecule has 1 amide bonds. The topological polar surface area (TPSA) is 107 Å². The van der Waals surface area contributed by atoms with Gasteiger partial charge in [-0.15, -0.1) is 0 Å². The van der Waals surface area contributed by atoms with Crippen molar-refractivity contribution in [3.8, 4) is 0 Å². The number of nitrogen functional groups attached to an aromatic ring is 1. The summed E-state index contributed by atoms with van der Waals surface area (Å²) in [6.07, 6.45) is 2.26. The molecule has 0 saturated heterocycles. The molecule has 2 rings (SSSR count). The summed E-state index contributed by atoms with van der Waals surface area (Å²) in [4.78, 5) is 16.2. The summed E-state index contributed by atoms with van der Waals surface area (Å²) in [7, 11) is 0. The van der Waals surface area contributed by atoms with Crippen molar-refractivity contribution in [3.63, 3.8) is 0 Å². The van der Waals surface area contributed by atoms with E-state index in [1.54, 1.807) is 12.1 Å². The Hall–Kier alpha value is -2.34. The van der Waals surface area contributed by atoms with Gasteiger partial charge < -0.3 is 21.2 Å². The SMILES string of the molecule is CCC(C)C(N)c1nc(C(=O)NCc2ccc(N)cc2)co1. The van der Waals surface area contributed by atoms with Crippen molar-refractivity contribution in [2.45, 2.75) is 32.9 Å². The van der Waals surface area contributed by atoms with E-state index in [9.17, 15) is 4.79 Å². The first-order chi connectivity index (χ1) is 10.5. The van der Waals surface area contributed by atoms with E-state index in [0.717, 1.165) is 12.0 Å². The number of nitrogens with one attached hydrogen (secondary N) is 1. The van der Waals surface area contributed by atoms with Crippen molar-refractivity contribution in [3.05, 3.63) is 47.7 Å². The van der Waals surface area contributed by atoms with Gasteiger partial charge >= 0.3 is 0 Å². The molecule has 6 nitrogen and oxygen atoms in total. The van der Waals surface area contributed by atoms with Crippen LogP contribution in [0.2, 0.25) is 0 Å². The molecular formula is C16H22N4O2. The summed E-state index contributed by atoms with van der Waals surface area (Å²) in [6, 6.07) is 7.01. The summed E-state index contributed by atoms with van der Waals surface area (Å²) >= 11 is 0. The molecule has 2 unspecified atom stereocenters. The van der Waals surface area contributed by atoms with Crippen LogP contribution in [0.5, 0.6) is 0 Å². The standard InChI is InChI=1S/C16H22N4O2/c1-3-10(2)14(18)16-20-13(9-22-16)15(21)19-8-11-4-6-12(17)7-5-11/h4-7,9-10,14H,3,8,17-18H2,1-2H3,(H,19,21). The fraction of sp³-hybridized carbons (Fsp3) is 0.375. The second-order valence-corrected chi connectivity index (χ2v) is 5.41. The van der Waals surface area contributed by atoms with Crippen molar-refractivity contribution >= 4 is 11.6 Å². The Bertz CT molecular complexity index is 621. The molecule has 1 aromatic heterocycles. The number of benzene rings is 1. The molecule has 0 aliphatic carbocycles. The summed E-state index contributed by atoms with van der Waals surface area (Å²) < 4.78 is 5.32. The molecule has 2 atom stereocenters. The number of aromatic nitrogens is 1. The zero-order valence-electron chi connectivity index (χ0n) is 12.9. The average molecular weight is 302 g/mol. The smallest absolute Gasteiger partial charge is 0.273 e. The first-order valence-corrected chi connectivity index (χ1v) is 7.35. The van der Waals surface area contributed by atoms with E-state index in [-0.39, 0.29) is 23.6 Å². The Balaban J connectivity index is 1.95. The number of nitrogens with zero attached hydrogens (tertiary/aromatic N) is 1. The minimum absolute atomic E-state index is 0.240. The van der Waals surface area contributed by atoms with Gasteiger partial charge in [0, 0.05) is 12.2 Å². The molecule has 1 heterocycles. The van der Waals surface area contributed by atoms with Crippen LogP contribution in [0, 0.1) is 5.92 Å². The first-order valence-electron chi connectivity index (χ1n) is 7.35. The van der Waals surface area contributed by atoms with Crippen molar-refractivity contribution < 1.29 is 9.21 Å². The molecule has 0 saturated carbocycles. The van der Waals surface area contributed by atoms with Gasteiger partial charge in [-0.1, -0.05) is 32.4 Å². The van der Waals surface area contributed by atoms with Crippen LogP contribution in [0.4, 0.5) is 5.69 Å². The van der Waals surface area contributed by atoms with Gasteiger partial charge in [0.2, 0.25) is 5.89 Å². The van der Waals surface area contributed by atoms with Crippen LogP contribution in [0.1, 0.15) is 48.3 Å². The highest BCUT2D eigenvalue weighted by atomic mass is 16.3. The number of hydrogen-bond acceptors (Lipinski definition) is 5. The third kappa shape index (κ3) is 3.85. The molecular weight excluding hydrogens is 280 g/mol. The largest absolute Gasteiger partial charge is 0.446 e. The summed E-state index contributed by atoms with van der Waals surface area (Å²) in [5.41, 5.74) is 13.6. The van der Waals surface area contributed by atoms with E-state index < -0.39 is 0 Å². The van der Waals surface area contributed by atoms with Gasteiger partial charge in [0.1, 0.15) is 6.26 Å². The Labute approximate surface area is 129 Å². The highest BCUT2D eigenvalue weighted by Crippen LogP contribution is 2.21. The van der Waals surface area contributed by atoms with Crippen LogP contribution < -0.4 is 16.8 Å². The lowest BCUT2D eigenvalue weighted by Gasteiger charge is -2.13. The van der Waals surface area contributed by atoms with E-state index in [1.807, 2.05) is 26.0 Å². The van der Waals surface area contributed by atoms with Gasteiger partial charge in [0.05, 0.1) is 6.04 Å². The van der Waals surface area contributed by atoms with Crippen LogP contribution in [-0.2, 0) is 6.54 Å². The van der Waals surface area contributed by atoms with Gasteiger partial charge in [-0.3, -0.25) is 4.79 Å². The number of oxazole rings is 1. The highest BCUT2D eigenvalue weighted by Gasteiger charge is 2.20. The predicted octanol–water partition coefficient (Wildman–Crippen LogP) is 2.23. The molecule has 0 fully saturated rings. The maximum atomic E-state index is 12.1. The van der Waals surface area contributed by atoms with E-state index in [2.05, 4.69) is 10.3 Å². The first kappa shape index (κ1) is 16.0. The highest BCUT2D eigenvalue weighted by molar-refractivity contribution is 5.91. The normalized spacial score (nSPS) is 13.6. The van der Waals surface area contributed by atoms with E-state index in [4.69, 9.17) is 15.9 Å². The third-order valence-corrected chi connectivity index (χ3v) is 3.73. The quantitative estimate of drug-likeness (QED) is 0.709. The van der Waals surface area contributed by atoms with Crippen LogP contribution in [-0.4, -0.2) is 10.9 Å². The molecule has 0 bridgehead atoms. The molecule has 118 valence electrons. The van der Waals surface area contributed by atoms with Crippen LogP contribution in [0.15, 0.2) is 34.9 Å². The monoisotopic (exact) mass is 302 g/mol. The van der Waals surface area contributed by atoms with Crippen molar-refractivity contribution in [2.75, 3.05) is 5.73 Å². The number of amides is 1. The lowest BCUT2D eigenvalue weighted by molar-refractivity contribution is 0.0946. The molecule has 6 heteroatoms. The fourth-order valence-corrected chi connectivity index (χ4v) is 1.95. The maximum absolute atomic E-state index is 12.1. The molecule has 1 aromatic carbocycles.